The van der Waals surface area contributed by atoms with Gasteiger partial charge in [0.1, 0.15) is 0 Å². The van der Waals surface area contributed by atoms with Crippen LogP contribution < -0.4 is 0 Å². The molecule has 1 aromatic carbocycles. The summed E-state index contributed by atoms with van der Waals surface area (Å²) in [6.45, 7) is 5.39. The Kier molecular flexibility index (Phi) is 3.34. The summed E-state index contributed by atoms with van der Waals surface area (Å²) in [7, 11) is 0. The van der Waals surface area contributed by atoms with Gasteiger partial charge in [-0.3, -0.25) is 4.79 Å². The third kappa shape index (κ3) is 2.68. The van der Waals surface area contributed by atoms with Gasteiger partial charge in [-0.15, -0.1) is 0 Å². The second-order valence-electron chi connectivity index (χ2n) is 6.33. The normalized spacial score (nSPS) is 24.1. The fourth-order valence-corrected chi connectivity index (χ4v) is 3.04. The van der Waals surface area contributed by atoms with Gasteiger partial charge in [0.05, 0.1) is 0 Å². The van der Waals surface area contributed by atoms with Crippen molar-refractivity contribution in [1.82, 2.24) is 4.90 Å². The van der Waals surface area contributed by atoms with E-state index in [1.54, 1.807) is 0 Å². The molecule has 1 amide bonds. The van der Waals surface area contributed by atoms with Crippen molar-refractivity contribution in [2.75, 3.05) is 6.54 Å². The number of amides is 1. The van der Waals surface area contributed by atoms with E-state index in [2.05, 4.69) is 43.0 Å². The Balaban J connectivity index is 1.72. The number of hydrogen-bond donors (Lipinski definition) is 0. The quantitative estimate of drug-likeness (QED) is 0.809. The molecular weight excluding hydrogens is 234 g/mol. The number of likely N-dealkylation sites (tertiary alicyclic amines) is 1. The van der Waals surface area contributed by atoms with E-state index in [-0.39, 0.29) is 0 Å². The molecule has 1 heterocycles. The molecule has 1 unspecified atom stereocenters. The predicted molar refractivity (Wildman–Crippen MR) is 77.2 cm³/mol. The Morgan fingerprint density at radius 3 is 2.37 bits per heavy atom. The lowest BCUT2D eigenvalue weighted by Gasteiger charge is -2.33. The van der Waals surface area contributed by atoms with Crippen molar-refractivity contribution >= 4 is 5.91 Å². The third-order valence-electron chi connectivity index (χ3n) is 4.51. The van der Waals surface area contributed by atoms with Gasteiger partial charge in [0.15, 0.2) is 0 Å². The molecule has 1 atom stereocenters. The zero-order valence-electron chi connectivity index (χ0n) is 11.9. The van der Waals surface area contributed by atoms with E-state index in [1.165, 1.54) is 24.0 Å². The molecule has 0 spiro atoms. The fourth-order valence-electron chi connectivity index (χ4n) is 3.04. The molecule has 2 heteroatoms. The average molecular weight is 257 g/mol. The number of piperidine rings is 1. The zero-order valence-corrected chi connectivity index (χ0v) is 11.9. The van der Waals surface area contributed by atoms with E-state index in [0.29, 0.717) is 23.8 Å². The van der Waals surface area contributed by atoms with E-state index in [1.807, 2.05) is 0 Å². The summed E-state index contributed by atoms with van der Waals surface area (Å²) in [5.74, 6) is 1.50. The van der Waals surface area contributed by atoms with Crippen LogP contribution in [0.15, 0.2) is 24.3 Å². The molecule has 1 saturated heterocycles. The first kappa shape index (κ1) is 12.7. The van der Waals surface area contributed by atoms with E-state index in [9.17, 15) is 4.79 Å². The van der Waals surface area contributed by atoms with Crippen molar-refractivity contribution in [3.05, 3.63) is 35.4 Å². The predicted octanol–water partition coefficient (Wildman–Crippen LogP) is 3.68. The van der Waals surface area contributed by atoms with Gasteiger partial charge < -0.3 is 4.90 Å². The lowest BCUT2D eigenvalue weighted by atomic mass is 9.89. The van der Waals surface area contributed by atoms with Crippen LogP contribution in [0.25, 0.3) is 0 Å². The highest BCUT2D eigenvalue weighted by Crippen LogP contribution is 2.35. The summed E-state index contributed by atoms with van der Waals surface area (Å²) >= 11 is 0. The molecule has 2 aliphatic rings. The Morgan fingerprint density at radius 2 is 1.79 bits per heavy atom. The van der Waals surface area contributed by atoms with Gasteiger partial charge in [-0.2, -0.15) is 0 Å². The van der Waals surface area contributed by atoms with Crippen molar-refractivity contribution in [3.8, 4) is 0 Å². The number of rotatable bonds is 3. The maximum absolute atomic E-state index is 11.9. The van der Waals surface area contributed by atoms with Gasteiger partial charge in [-0.05, 0) is 36.3 Å². The van der Waals surface area contributed by atoms with Crippen LogP contribution in [0.2, 0.25) is 0 Å². The van der Waals surface area contributed by atoms with Gasteiger partial charge in [-0.1, -0.05) is 38.1 Å². The highest BCUT2D eigenvalue weighted by Gasteiger charge is 2.36. The van der Waals surface area contributed by atoms with Crippen LogP contribution in [0.1, 0.15) is 62.5 Å². The number of nitrogens with zero attached hydrogens (tertiary/aromatic N) is 1. The molecule has 0 aromatic heterocycles. The van der Waals surface area contributed by atoms with Gasteiger partial charge in [-0.25, -0.2) is 0 Å². The standard InChI is InChI=1S/C17H23NO/c1-12(2)13-3-5-14(6-4-13)15-7-10-17(19)18(11-15)16-8-9-16/h3-6,12,15-16H,7-11H2,1-2H3. The zero-order chi connectivity index (χ0) is 13.4. The second kappa shape index (κ2) is 4.99. The number of carbonyl (C=O) groups excluding carboxylic acids is 1. The third-order valence-corrected chi connectivity index (χ3v) is 4.51. The molecule has 19 heavy (non-hydrogen) atoms. The summed E-state index contributed by atoms with van der Waals surface area (Å²) in [6.07, 6.45) is 4.17. The van der Waals surface area contributed by atoms with Crippen LogP contribution in [0.5, 0.6) is 0 Å². The molecular formula is C17H23NO. The molecule has 0 radical (unpaired) electrons. The Hall–Kier alpha value is -1.31. The highest BCUT2D eigenvalue weighted by atomic mass is 16.2. The summed E-state index contributed by atoms with van der Waals surface area (Å²) < 4.78 is 0. The van der Waals surface area contributed by atoms with E-state index in [0.717, 1.165) is 19.4 Å². The van der Waals surface area contributed by atoms with Crippen LogP contribution in [-0.2, 0) is 4.79 Å². The first-order chi connectivity index (χ1) is 9.15. The highest BCUT2D eigenvalue weighted by molar-refractivity contribution is 5.78. The largest absolute Gasteiger partial charge is 0.339 e. The van der Waals surface area contributed by atoms with Gasteiger partial charge in [0, 0.05) is 24.9 Å². The van der Waals surface area contributed by atoms with Crippen LogP contribution in [-0.4, -0.2) is 23.4 Å². The maximum atomic E-state index is 11.9. The van der Waals surface area contributed by atoms with Crippen molar-refractivity contribution in [3.63, 3.8) is 0 Å². The number of carbonyl (C=O) groups is 1. The number of hydrogen-bond acceptors (Lipinski definition) is 1. The Morgan fingerprint density at radius 1 is 1.11 bits per heavy atom. The minimum Gasteiger partial charge on any atom is -0.339 e. The summed E-state index contributed by atoms with van der Waals surface area (Å²) in [4.78, 5) is 14.1. The summed E-state index contributed by atoms with van der Waals surface area (Å²) in [6, 6.07) is 9.59. The molecule has 1 aromatic rings. The van der Waals surface area contributed by atoms with E-state index in [4.69, 9.17) is 0 Å². The maximum Gasteiger partial charge on any atom is 0.222 e. The molecule has 2 fully saturated rings. The lowest BCUT2D eigenvalue weighted by molar-refractivity contribution is -0.134. The second-order valence-corrected chi connectivity index (χ2v) is 6.33. The summed E-state index contributed by atoms with van der Waals surface area (Å²) in [5.41, 5.74) is 2.80. The Bertz CT molecular complexity index is 459. The fraction of sp³-hybridized carbons (Fsp3) is 0.588. The molecule has 3 rings (SSSR count). The first-order valence-electron chi connectivity index (χ1n) is 7.54. The van der Waals surface area contributed by atoms with E-state index < -0.39 is 0 Å². The Labute approximate surface area is 115 Å². The summed E-state index contributed by atoms with van der Waals surface area (Å²) in [5, 5.41) is 0. The van der Waals surface area contributed by atoms with Gasteiger partial charge >= 0.3 is 0 Å². The van der Waals surface area contributed by atoms with Crippen molar-refractivity contribution in [1.29, 1.82) is 0 Å². The van der Waals surface area contributed by atoms with Crippen LogP contribution in [0.3, 0.4) is 0 Å². The van der Waals surface area contributed by atoms with Crippen molar-refractivity contribution in [2.24, 2.45) is 0 Å². The van der Waals surface area contributed by atoms with Crippen LogP contribution in [0.4, 0.5) is 0 Å². The molecule has 1 saturated carbocycles. The van der Waals surface area contributed by atoms with Crippen molar-refractivity contribution < 1.29 is 4.79 Å². The molecule has 102 valence electrons. The minimum absolute atomic E-state index is 0.373. The first-order valence-corrected chi connectivity index (χ1v) is 7.54. The molecule has 0 N–H and O–H groups in total. The van der Waals surface area contributed by atoms with Crippen LogP contribution in [0, 0.1) is 0 Å². The monoisotopic (exact) mass is 257 g/mol. The molecule has 1 aliphatic heterocycles. The smallest absolute Gasteiger partial charge is 0.222 e. The topological polar surface area (TPSA) is 20.3 Å². The lowest BCUT2D eigenvalue weighted by Crippen LogP contribution is -2.40. The molecule has 1 aliphatic carbocycles. The molecule has 0 bridgehead atoms. The van der Waals surface area contributed by atoms with E-state index >= 15 is 0 Å². The molecule has 2 nitrogen and oxygen atoms in total. The van der Waals surface area contributed by atoms with Gasteiger partial charge in [0.25, 0.3) is 0 Å². The number of benzene rings is 1. The average Bonchev–Trinajstić information content (AvgIpc) is 3.24. The van der Waals surface area contributed by atoms with Gasteiger partial charge in [0.2, 0.25) is 5.91 Å². The van der Waals surface area contributed by atoms with Crippen LogP contribution >= 0.6 is 0 Å². The minimum atomic E-state index is 0.373. The van der Waals surface area contributed by atoms with Crippen molar-refractivity contribution in [2.45, 2.75) is 57.4 Å². The SMILES string of the molecule is CC(C)c1ccc(C2CCC(=O)N(C3CC3)C2)cc1.